The summed E-state index contributed by atoms with van der Waals surface area (Å²) in [5, 5.41) is 17.7. The highest BCUT2D eigenvalue weighted by Crippen LogP contribution is 2.10. The van der Waals surface area contributed by atoms with Crippen molar-refractivity contribution in [2.45, 2.75) is 12.5 Å². The lowest BCUT2D eigenvalue weighted by Crippen LogP contribution is -2.14. The molecule has 4 N–H and O–H groups in total. The Morgan fingerprint density at radius 2 is 2.36 bits per heavy atom. The molecule has 1 aromatic heterocycles. The molecule has 0 bridgehead atoms. The van der Waals surface area contributed by atoms with E-state index in [2.05, 4.69) is 4.98 Å². The van der Waals surface area contributed by atoms with Crippen LogP contribution in [0, 0.1) is 0 Å². The number of carbonyl (C=O) groups is 1. The molecule has 0 radical (unpaired) electrons. The van der Waals surface area contributed by atoms with Gasteiger partial charge in [0.1, 0.15) is 5.69 Å². The fourth-order valence-electron chi connectivity index (χ4n) is 1.15. The summed E-state index contributed by atoms with van der Waals surface area (Å²) in [6.07, 6.45) is 3.28. The zero-order chi connectivity index (χ0) is 10.6. The van der Waals surface area contributed by atoms with E-state index in [4.69, 9.17) is 15.9 Å². The number of nitrogens with zero attached hydrogens (tertiary/aromatic N) is 2. The van der Waals surface area contributed by atoms with Crippen LogP contribution in [0.3, 0.4) is 0 Å². The summed E-state index contributed by atoms with van der Waals surface area (Å²) in [5.41, 5.74) is 5.17. The van der Waals surface area contributed by atoms with Gasteiger partial charge in [0.05, 0.1) is 19.0 Å². The molecule has 1 aromatic rings. The van der Waals surface area contributed by atoms with Crippen LogP contribution in [-0.4, -0.2) is 38.9 Å². The van der Waals surface area contributed by atoms with Gasteiger partial charge in [-0.3, -0.25) is 4.79 Å². The van der Waals surface area contributed by atoms with Crippen LogP contribution in [0.15, 0.2) is 12.5 Å². The van der Waals surface area contributed by atoms with Crippen LogP contribution in [0.2, 0.25) is 0 Å². The van der Waals surface area contributed by atoms with Crippen molar-refractivity contribution in [1.29, 1.82) is 0 Å². The number of hydrogen-bond donors (Lipinski definition) is 3. The highest BCUT2D eigenvalue weighted by atomic mass is 16.3. The normalized spacial score (nSPS) is 12.7. The van der Waals surface area contributed by atoms with Gasteiger partial charge in [-0.2, -0.15) is 0 Å². The van der Waals surface area contributed by atoms with Crippen molar-refractivity contribution >= 4 is 5.91 Å². The van der Waals surface area contributed by atoms with Crippen LogP contribution in [-0.2, 0) is 0 Å². The number of aliphatic hydroxyl groups is 2. The summed E-state index contributed by atoms with van der Waals surface area (Å²) in [6, 6.07) is -0.263. The number of aromatic nitrogens is 2. The van der Waals surface area contributed by atoms with Gasteiger partial charge in [-0.1, -0.05) is 0 Å². The molecule has 1 unspecified atom stereocenters. The Balaban J connectivity index is 2.78. The molecule has 0 saturated heterocycles. The molecule has 6 heteroatoms. The summed E-state index contributed by atoms with van der Waals surface area (Å²) in [4.78, 5) is 14.5. The lowest BCUT2D eigenvalue weighted by atomic mass is 10.2. The van der Waals surface area contributed by atoms with Gasteiger partial charge in [-0.15, -0.1) is 0 Å². The van der Waals surface area contributed by atoms with Crippen LogP contribution in [0.5, 0.6) is 0 Å². The Labute approximate surface area is 81.0 Å². The monoisotopic (exact) mass is 199 g/mol. The van der Waals surface area contributed by atoms with Crippen molar-refractivity contribution in [2.75, 3.05) is 13.2 Å². The Morgan fingerprint density at radius 1 is 1.64 bits per heavy atom. The molecule has 0 aliphatic carbocycles. The molecule has 1 atom stereocenters. The molecule has 0 aliphatic heterocycles. The molecule has 0 fully saturated rings. The molecule has 0 aliphatic rings. The van der Waals surface area contributed by atoms with E-state index in [1.54, 1.807) is 4.57 Å². The minimum atomic E-state index is -0.607. The van der Waals surface area contributed by atoms with Crippen molar-refractivity contribution in [3.05, 3.63) is 18.2 Å². The number of imidazole rings is 1. The van der Waals surface area contributed by atoms with Gasteiger partial charge >= 0.3 is 0 Å². The number of aliphatic hydroxyl groups excluding tert-OH is 2. The maximum atomic E-state index is 10.7. The summed E-state index contributed by atoms with van der Waals surface area (Å²) in [6.45, 7) is -0.148. The van der Waals surface area contributed by atoms with Crippen molar-refractivity contribution in [2.24, 2.45) is 5.73 Å². The maximum Gasteiger partial charge on any atom is 0.268 e. The van der Waals surface area contributed by atoms with Gasteiger partial charge in [0.25, 0.3) is 5.91 Å². The summed E-state index contributed by atoms with van der Waals surface area (Å²) < 4.78 is 1.57. The summed E-state index contributed by atoms with van der Waals surface area (Å²) >= 11 is 0. The minimum absolute atomic E-state index is 0.0324. The van der Waals surface area contributed by atoms with Crippen LogP contribution >= 0.6 is 0 Å². The quantitative estimate of drug-likeness (QED) is 0.560. The van der Waals surface area contributed by atoms with E-state index in [9.17, 15) is 4.79 Å². The molecule has 0 spiro atoms. The first-order chi connectivity index (χ1) is 6.69. The number of nitrogens with two attached hydrogens (primary N) is 1. The highest BCUT2D eigenvalue weighted by molar-refractivity contribution is 5.90. The largest absolute Gasteiger partial charge is 0.396 e. The van der Waals surface area contributed by atoms with E-state index in [1.165, 1.54) is 12.5 Å². The molecule has 1 amide bonds. The van der Waals surface area contributed by atoms with Gasteiger partial charge in [0.15, 0.2) is 0 Å². The average Bonchev–Trinajstić information content (AvgIpc) is 2.63. The molecule has 78 valence electrons. The fourth-order valence-corrected chi connectivity index (χ4v) is 1.15. The Bertz CT molecular complexity index is 311. The Kier molecular flexibility index (Phi) is 3.61. The van der Waals surface area contributed by atoms with E-state index in [1.807, 2.05) is 0 Å². The maximum absolute atomic E-state index is 10.7. The molecule has 0 aromatic carbocycles. The van der Waals surface area contributed by atoms with Crippen LogP contribution in [0.4, 0.5) is 0 Å². The second-order valence-corrected chi connectivity index (χ2v) is 2.92. The minimum Gasteiger partial charge on any atom is -0.396 e. The van der Waals surface area contributed by atoms with Crippen LogP contribution < -0.4 is 5.73 Å². The number of amides is 1. The van der Waals surface area contributed by atoms with E-state index in [0.717, 1.165) is 0 Å². The van der Waals surface area contributed by atoms with E-state index in [0.29, 0.717) is 6.42 Å². The fraction of sp³-hybridized carbons (Fsp3) is 0.500. The zero-order valence-electron chi connectivity index (χ0n) is 7.63. The first kappa shape index (κ1) is 10.7. The summed E-state index contributed by atoms with van der Waals surface area (Å²) in [7, 11) is 0. The van der Waals surface area contributed by atoms with E-state index < -0.39 is 5.91 Å². The first-order valence-corrected chi connectivity index (χ1v) is 4.24. The van der Waals surface area contributed by atoms with Crippen molar-refractivity contribution in [1.82, 2.24) is 9.55 Å². The lowest BCUT2D eigenvalue weighted by molar-refractivity contribution is 0.0995. The smallest absolute Gasteiger partial charge is 0.268 e. The molecule has 1 rings (SSSR count). The molecular formula is C8H13N3O3. The predicted molar refractivity (Wildman–Crippen MR) is 48.6 cm³/mol. The van der Waals surface area contributed by atoms with E-state index in [-0.39, 0.29) is 24.9 Å². The number of hydrogen-bond acceptors (Lipinski definition) is 4. The standard InChI is InChI=1S/C8H13N3O3/c9-8(14)7-3-11(5-10-7)6(4-13)1-2-12/h3,5-6,12-13H,1-2,4H2,(H2,9,14). The topological polar surface area (TPSA) is 101 Å². The van der Waals surface area contributed by atoms with Crippen molar-refractivity contribution in [3.8, 4) is 0 Å². The second kappa shape index (κ2) is 4.73. The van der Waals surface area contributed by atoms with Gasteiger partial charge in [-0.25, -0.2) is 4.98 Å². The lowest BCUT2D eigenvalue weighted by Gasteiger charge is -2.13. The van der Waals surface area contributed by atoms with Gasteiger partial charge in [0, 0.05) is 12.8 Å². The number of rotatable bonds is 5. The van der Waals surface area contributed by atoms with Crippen molar-refractivity contribution < 1.29 is 15.0 Å². The number of primary amides is 1. The third kappa shape index (κ3) is 2.30. The SMILES string of the molecule is NC(=O)c1cn(C(CO)CCO)cn1. The summed E-state index contributed by atoms with van der Waals surface area (Å²) in [5.74, 6) is -0.607. The van der Waals surface area contributed by atoms with Gasteiger partial charge < -0.3 is 20.5 Å². The predicted octanol–water partition coefficient (Wildman–Crippen LogP) is -1.10. The molecule has 6 nitrogen and oxygen atoms in total. The molecular weight excluding hydrogens is 186 g/mol. The Hall–Kier alpha value is -1.40. The van der Waals surface area contributed by atoms with Gasteiger partial charge in [-0.05, 0) is 6.42 Å². The second-order valence-electron chi connectivity index (χ2n) is 2.92. The third-order valence-corrected chi connectivity index (χ3v) is 1.95. The molecule has 14 heavy (non-hydrogen) atoms. The highest BCUT2D eigenvalue weighted by Gasteiger charge is 2.11. The molecule has 1 heterocycles. The van der Waals surface area contributed by atoms with Gasteiger partial charge in [0.2, 0.25) is 0 Å². The zero-order valence-corrected chi connectivity index (χ0v) is 7.63. The van der Waals surface area contributed by atoms with E-state index >= 15 is 0 Å². The number of carbonyl (C=O) groups excluding carboxylic acids is 1. The van der Waals surface area contributed by atoms with Crippen LogP contribution in [0.1, 0.15) is 23.0 Å². The Morgan fingerprint density at radius 3 is 2.79 bits per heavy atom. The van der Waals surface area contributed by atoms with Crippen molar-refractivity contribution in [3.63, 3.8) is 0 Å². The van der Waals surface area contributed by atoms with Crippen LogP contribution in [0.25, 0.3) is 0 Å². The first-order valence-electron chi connectivity index (χ1n) is 4.24. The third-order valence-electron chi connectivity index (χ3n) is 1.95. The molecule has 0 saturated carbocycles. The average molecular weight is 199 g/mol.